The van der Waals surface area contributed by atoms with Crippen molar-refractivity contribution in [3.05, 3.63) is 24.5 Å². The van der Waals surface area contributed by atoms with E-state index in [1.54, 1.807) is 0 Å². The van der Waals surface area contributed by atoms with Crippen molar-refractivity contribution in [1.82, 2.24) is 0 Å². The maximum Gasteiger partial charge on any atom is 0.170 e. The van der Waals surface area contributed by atoms with E-state index < -0.39 is 0 Å². The second kappa shape index (κ2) is 5.12. The van der Waals surface area contributed by atoms with Crippen molar-refractivity contribution in [2.75, 3.05) is 24.5 Å². The number of nitrogens with zero attached hydrogens (tertiary/aromatic N) is 2. The van der Waals surface area contributed by atoms with Crippen LogP contribution in [0.3, 0.4) is 0 Å². The summed E-state index contributed by atoms with van der Waals surface area (Å²) in [6.07, 6.45) is 8.29. The van der Waals surface area contributed by atoms with Crippen LogP contribution >= 0.6 is 0 Å². The normalized spacial score (nSPS) is 16.7. The summed E-state index contributed by atoms with van der Waals surface area (Å²) < 4.78 is 2.13. The summed E-state index contributed by atoms with van der Waals surface area (Å²) in [5.74, 6) is 0. The molecular weight excluding hydrogens is 186 g/mol. The van der Waals surface area contributed by atoms with Crippen LogP contribution in [0.15, 0.2) is 24.5 Å². The van der Waals surface area contributed by atoms with Gasteiger partial charge in [-0.1, -0.05) is 0 Å². The summed E-state index contributed by atoms with van der Waals surface area (Å²) in [7, 11) is 0. The van der Waals surface area contributed by atoms with Crippen LogP contribution in [0.2, 0.25) is 0 Å². The molecule has 2 rings (SSSR count). The maximum absolute atomic E-state index is 5.51. The van der Waals surface area contributed by atoms with Crippen LogP contribution in [-0.2, 0) is 6.54 Å². The van der Waals surface area contributed by atoms with Crippen molar-refractivity contribution in [2.45, 2.75) is 25.8 Å². The number of aromatic nitrogens is 1. The van der Waals surface area contributed by atoms with Gasteiger partial charge in [0, 0.05) is 30.9 Å². The standard InChI is InChI=1S/C12H20N3/c13-6-11-14-9-4-12(5-10-14)15-7-2-1-3-8-15/h4-5,9-10H,1-3,6-8,11,13H2/q+1. The summed E-state index contributed by atoms with van der Waals surface area (Å²) in [6, 6.07) is 4.39. The highest BCUT2D eigenvalue weighted by Crippen LogP contribution is 2.17. The van der Waals surface area contributed by atoms with E-state index in [1.165, 1.54) is 38.0 Å². The van der Waals surface area contributed by atoms with Crippen LogP contribution in [0, 0.1) is 0 Å². The molecule has 0 aliphatic carbocycles. The molecule has 3 nitrogen and oxygen atoms in total. The van der Waals surface area contributed by atoms with Gasteiger partial charge in [0.05, 0.1) is 6.54 Å². The van der Waals surface area contributed by atoms with Crippen LogP contribution in [-0.4, -0.2) is 19.6 Å². The first kappa shape index (κ1) is 10.4. The predicted octanol–water partition coefficient (Wildman–Crippen LogP) is 0.923. The fraction of sp³-hybridized carbons (Fsp3) is 0.583. The third kappa shape index (κ3) is 2.69. The second-order valence-electron chi connectivity index (χ2n) is 4.13. The molecule has 0 bridgehead atoms. The Balaban J connectivity index is 2.02. The van der Waals surface area contributed by atoms with Crippen LogP contribution in [0.4, 0.5) is 5.69 Å². The Kier molecular flexibility index (Phi) is 3.56. The Labute approximate surface area is 91.5 Å². The molecule has 1 aromatic heterocycles. The number of pyridine rings is 1. The molecule has 1 fully saturated rings. The van der Waals surface area contributed by atoms with Gasteiger partial charge in [-0.25, -0.2) is 4.57 Å². The van der Waals surface area contributed by atoms with Crippen molar-refractivity contribution < 1.29 is 4.57 Å². The highest BCUT2D eigenvalue weighted by Gasteiger charge is 2.11. The molecule has 15 heavy (non-hydrogen) atoms. The molecule has 0 spiro atoms. The molecule has 0 amide bonds. The zero-order valence-electron chi connectivity index (χ0n) is 9.23. The lowest BCUT2D eigenvalue weighted by Crippen LogP contribution is -2.37. The van der Waals surface area contributed by atoms with Gasteiger partial charge in [-0.2, -0.15) is 0 Å². The lowest BCUT2D eigenvalue weighted by Gasteiger charge is -2.28. The molecular formula is C12H20N3+. The van der Waals surface area contributed by atoms with Gasteiger partial charge in [-0.15, -0.1) is 0 Å². The monoisotopic (exact) mass is 206 g/mol. The average molecular weight is 206 g/mol. The van der Waals surface area contributed by atoms with Crippen molar-refractivity contribution in [1.29, 1.82) is 0 Å². The number of hydrogen-bond donors (Lipinski definition) is 1. The Morgan fingerprint density at radius 2 is 1.80 bits per heavy atom. The van der Waals surface area contributed by atoms with Crippen molar-refractivity contribution in [2.24, 2.45) is 5.73 Å². The number of anilines is 1. The van der Waals surface area contributed by atoms with E-state index >= 15 is 0 Å². The van der Waals surface area contributed by atoms with Crippen LogP contribution < -0.4 is 15.2 Å². The molecule has 1 aliphatic heterocycles. The van der Waals surface area contributed by atoms with Gasteiger partial charge in [0.2, 0.25) is 0 Å². The third-order valence-corrected chi connectivity index (χ3v) is 2.98. The van der Waals surface area contributed by atoms with Gasteiger partial charge >= 0.3 is 0 Å². The molecule has 3 heteroatoms. The lowest BCUT2D eigenvalue weighted by atomic mass is 10.1. The number of nitrogens with two attached hydrogens (primary N) is 1. The molecule has 0 aromatic carbocycles. The average Bonchev–Trinajstić information content (AvgIpc) is 2.32. The highest BCUT2D eigenvalue weighted by atomic mass is 15.1. The van der Waals surface area contributed by atoms with E-state index in [1.807, 2.05) is 0 Å². The SMILES string of the molecule is NCC[n+]1ccc(N2CCCCC2)cc1. The van der Waals surface area contributed by atoms with Crippen LogP contribution in [0.5, 0.6) is 0 Å². The Bertz CT molecular complexity index is 288. The fourth-order valence-corrected chi connectivity index (χ4v) is 2.11. The van der Waals surface area contributed by atoms with Gasteiger partial charge in [-0.3, -0.25) is 0 Å². The minimum absolute atomic E-state index is 0.702. The van der Waals surface area contributed by atoms with E-state index in [0.717, 1.165) is 6.54 Å². The highest BCUT2D eigenvalue weighted by molar-refractivity contribution is 5.43. The molecule has 0 radical (unpaired) electrons. The van der Waals surface area contributed by atoms with Gasteiger partial charge in [0.25, 0.3) is 0 Å². The summed E-state index contributed by atoms with van der Waals surface area (Å²) in [4.78, 5) is 2.47. The number of hydrogen-bond acceptors (Lipinski definition) is 2. The summed E-state index contributed by atoms with van der Waals surface area (Å²) in [5, 5.41) is 0. The van der Waals surface area contributed by atoms with Crippen molar-refractivity contribution in [3.8, 4) is 0 Å². The topological polar surface area (TPSA) is 33.1 Å². The first-order valence-electron chi connectivity index (χ1n) is 5.84. The molecule has 1 saturated heterocycles. The second-order valence-corrected chi connectivity index (χ2v) is 4.13. The molecule has 0 atom stereocenters. The van der Waals surface area contributed by atoms with E-state index in [4.69, 9.17) is 5.73 Å². The predicted molar refractivity (Wildman–Crippen MR) is 61.8 cm³/mol. The quantitative estimate of drug-likeness (QED) is 0.746. The Morgan fingerprint density at radius 1 is 1.13 bits per heavy atom. The zero-order valence-corrected chi connectivity index (χ0v) is 9.23. The van der Waals surface area contributed by atoms with Gasteiger partial charge in [0.1, 0.15) is 0 Å². The zero-order chi connectivity index (χ0) is 10.5. The molecule has 1 aromatic rings. The van der Waals surface area contributed by atoms with Crippen molar-refractivity contribution >= 4 is 5.69 Å². The van der Waals surface area contributed by atoms with E-state index in [2.05, 4.69) is 34.0 Å². The molecule has 1 aliphatic rings. The Morgan fingerprint density at radius 3 is 2.40 bits per heavy atom. The smallest absolute Gasteiger partial charge is 0.170 e. The Hall–Kier alpha value is -1.09. The number of rotatable bonds is 3. The first-order valence-corrected chi connectivity index (χ1v) is 5.84. The van der Waals surface area contributed by atoms with Crippen LogP contribution in [0.25, 0.3) is 0 Å². The first-order chi connectivity index (χ1) is 7.40. The van der Waals surface area contributed by atoms with E-state index in [9.17, 15) is 0 Å². The van der Waals surface area contributed by atoms with Crippen molar-refractivity contribution in [3.63, 3.8) is 0 Å². The van der Waals surface area contributed by atoms with E-state index in [0.29, 0.717) is 6.54 Å². The largest absolute Gasteiger partial charge is 0.371 e. The molecule has 0 saturated carbocycles. The molecule has 2 heterocycles. The maximum atomic E-state index is 5.51. The minimum atomic E-state index is 0.702. The molecule has 2 N–H and O–H groups in total. The minimum Gasteiger partial charge on any atom is -0.371 e. The van der Waals surface area contributed by atoms with Gasteiger partial charge in [0.15, 0.2) is 18.9 Å². The van der Waals surface area contributed by atoms with Crippen LogP contribution in [0.1, 0.15) is 19.3 Å². The number of piperidine rings is 1. The molecule has 82 valence electrons. The van der Waals surface area contributed by atoms with Gasteiger partial charge in [-0.05, 0) is 19.3 Å². The van der Waals surface area contributed by atoms with E-state index in [-0.39, 0.29) is 0 Å². The summed E-state index contributed by atoms with van der Waals surface area (Å²) >= 11 is 0. The lowest BCUT2D eigenvalue weighted by molar-refractivity contribution is -0.694. The van der Waals surface area contributed by atoms with Gasteiger partial charge < -0.3 is 10.6 Å². The third-order valence-electron chi connectivity index (χ3n) is 2.98. The molecule has 0 unspecified atom stereocenters. The summed E-state index contributed by atoms with van der Waals surface area (Å²) in [6.45, 7) is 4.02. The fourth-order valence-electron chi connectivity index (χ4n) is 2.11. The summed E-state index contributed by atoms with van der Waals surface area (Å²) in [5.41, 5.74) is 6.86.